The minimum absolute atomic E-state index is 0.198. The van der Waals surface area contributed by atoms with E-state index in [0.717, 1.165) is 0 Å². The fourth-order valence-electron chi connectivity index (χ4n) is 2.76. The van der Waals surface area contributed by atoms with Crippen LogP contribution >= 0.6 is 0 Å². The molecule has 158 valence electrons. The molecule has 0 bridgehead atoms. The third-order valence-corrected chi connectivity index (χ3v) is 4.25. The van der Waals surface area contributed by atoms with Gasteiger partial charge in [0, 0.05) is 0 Å². The summed E-state index contributed by atoms with van der Waals surface area (Å²) in [5.41, 5.74) is 0.878. The monoisotopic (exact) mass is 414 g/mol. The Morgan fingerprint density at radius 3 is 1.13 bits per heavy atom. The summed E-state index contributed by atoms with van der Waals surface area (Å²) < 4.78 is 21.4. The molecular formula is C22H22O8. The van der Waals surface area contributed by atoms with Gasteiger partial charge in [-0.25, -0.2) is 0 Å². The first kappa shape index (κ1) is 22.6. The Morgan fingerprint density at radius 2 is 0.900 bits per heavy atom. The van der Waals surface area contributed by atoms with E-state index >= 15 is 0 Å². The highest BCUT2D eigenvalue weighted by atomic mass is 16.5. The topological polar surface area (TPSA) is 105 Å². The lowest BCUT2D eigenvalue weighted by atomic mass is 10.1. The van der Waals surface area contributed by atoms with Crippen LogP contribution in [0.4, 0.5) is 0 Å². The zero-order valence-corrected chi connectivity index (χ0v) is 16.7. The predicted molar refractivity (Wildman–Crippen MR) is 108 cm³/mol. The summed E-state index contributed by atoms with van der Waals surface area (Å²) in [6, 6.07) is 5.96. The molecule has 0 aliphatic carbocycles. The third-order valence-electron chi connectivity index (χ3n) is 4.25. The van der Waals surface area contributed by atoms with Crippen LogP contribution in [0.25, 0.3) is 0 Å². The molecule has 0 unspecified atom stereocenters. The van der Waals surface area contributed by atoms with Crippen molar-refractivity contribution in [1.82, 2.24) is 0 Å². The van der Waals surface area contributed by atoms with Gasteiger partial charge >= 0.3 is 0 Å². The first-order chi connectivity index (χ1) is 14.6. The zero-order chi connectivity index (χ0) is 21.9. The lowest BCUT2D eigenvalue weighted by molar-refractivity contribution is 0.109. The van der Waals surface area contributed by atoms with Crippen LogP contribution in [0.2, 0.25) is 0 Å². The molecule has 0 aliphatic heterocycles. The summed E-state index contributed by atoms with van der Waals surface area (Å²) in [5, 5.41) is 0. The second-order valence-electron chi connectivity index (χ2n) is 6.15. The van der Waals surface area contributed by atoms with Crippen molar-refractivity contribution < 1.29 is 38.1 Å². The van der Waals surface area contributed by atoms with Gasteiger partial charge in [0.25, 0.3) is 0 Å². The first-order valence-electron chi connectivity index (χ1n) is 9.12. The van der Waals surface area contributed by atoms with Crippen molar-refractivity contribution in [2.75, 3.05) is 27.4 Å². The molecule has 0 spiro atoms. The molecule has 0 fully saturated rings. The summed E-state index contributed by atoms with van der Waals surface area (Å²) >= 11 is 0. The number of ether oxygens (including phenoxy) is 4. The van der Waals surface area contributed by atoms with E-state index in [0.29, 0.717) is 49.5 Å². The van der Waals surface area contributed by atoms with Gasteiger partial charge in [-0.05, 0) is 37.1 Å². The summed E-state index contributed by atoms with van der Waals surface area (Å²) in [6.07, 6.45) is 3.48. The molecule has 0 saturated carbocycles. The molecule has 30 heavy (non-hydrogen) atoms. The quantitative estimate of drug-likeness (QED) is 0.363. The van der Waals surface area contributed by atoms with Gasteiger partial charge in [0.15, 0.2) is 25.1 Å². The Labute approximate surface area is 173 Å². The fourth-order valence-corrected chi connectivity index (χ4v) is 2.76. The van der Waals surface area contributed by atoms with Crippen molar-refractivity contribution >= 4 is 25.1 Å². The molecule has 2 aromatic carbocycles. The van der Waals surface area contributed by atoms with E-state index in [1.807, 2.05) is 0 Å². The van der Waals surface area contributed by atoms with E-state index in [1.165, 1.54) is 38.5 Å². The summed E-state index contributed by atoms with van der Waals surface area (Å²) in [5.74, 6) is 1.17. The number of carbonyl (C=O) groups is 4. The summed E-state index contributed by atoms with van der Waals surface area (Å²) in [7, 11) is 2.88. The number of hydrogen-bond acceptors (Lipinski definition) is 8. The Morgan fingerprint density at radius 1 is 0.600 bits per heavy atom. The highest BCUT2D eigenvalue weighted by Gasteiger charge is 2.14. The molecule has 0 aliphatic rings. The first-order valence-corrected chi connectivity index (χ1v) is 9.12. The number of rotatable bonds is 13. The summed E-state index contributed by atoms with van der Waals surface area (Å²) in [6.45, 7) is 0.474. The van der Waals surface area contributed by atoms with Crippen LogP contribution in [-0.4, -0.2) is 52.6 Å². The summed E-state index contributed by atoms with van der Waals surface area (Å²) in [4.78, 5) is 45.1. The van der Waals surface area contributed by atoms with Crippen LogP contribution in [0.1, 0.15) is 54.3 Å². The van der Waals surface area contributed by atoms with Crippen molar-refractivity contribution in [1.29, 1.82) is 0 Å². The van der Waals surface area contributed by atoms with Gasteiger partial charge in [-0.3, -0.25) is 19.2 Å². The van der Waals surface area contributed by atoms with Crippen molar-refractivity contribution in [2.45, 2.75) is 12.8 Å². The van der Waals surface area contributed by atoms with E-state index in [1.54, 1.807) is 0 Å². The average Bonchev–Trinajstić information content (AvgIpc) is 2.80. The molecule has 0 saturated heterocycles. The molecule has 0 aromatic heterocycles. The lowest BCUT2D eigenvalue weighted by Gasteiger charge is -2.14. The van der Waals surface area contributed by atoms with Crippen LogP contribution in [0.5, 0.6) is 23.0 Å². The van der Waals surface area contributed by atoms with Crippen LogP contribution in [0, 0.1) is 0 Å². The minimum Gasteiger partial charge on any atom is -0.497 e. The number of methoxy groups -OCH3 is 2. The number of benzene rings is 2. The molecule has 0 amide bonds. The highest BCUT2D eigenvalue weighted by Crippen LogP contribution is 2.29. The lowest BCUT2D eigenvalue weighted by Crippen LogP contribution is -2.07. The normalized spacial score (nSPS) is 10.1. The van der Waals surface area contributed by atoms with Crippen molar-refractivity contribution in [3.8, 4) is 23.0 Å². The van der Waals surface area contributed by atoms with E-state index in [2.05, 4.69) is 0 Å². The van der Waals surface area contributed by atoms with E-state index in [9.17, 15) is 19.2 Å². The van der Waals surface area contributed by atoms with Gasteiger partial charge in [-0.15, -0.1) is 0 Å². The van der Waals surface area contributed by atoms with Gasteiger partial charge < -0.3 is 18.9 Å². The van der Waals surface area contributed by atoms with Gasteiger partial charge in [0.2, 0.25) is 0 Å². The maximum absolute atomic E-state index is 11.3. The second-order valence-corrected chi connectivity index (χ2v) is 6.15. The number of hydrogen-bond donors (Lipinski definition) is 0. The van der Waals surface area contributed by atoms with E-state index in [4.69, 9.17) is 18.9 Å². The third kappa shape index (κ3) is 5.44. The van der Waals surface area contributed by atoms with Crippen LogP contribution in [0.15, 0.2) is 24.3 Å². The Hall–Kier alpha value is -3.68. The van der Waals surface area contributed by atoms with Crippen molar-refractivity contribution in [3.05, 3.63) is 46.5 Å². The Bertz CT molecular complexity index is 786. The zero-order valence-electron chi connectivity index (χ0n) is 16.7. The number of carbonyl (C=O) groups excluding carboxylic acids is 4. The van der Waals surface area contributed by atoms with E-state index in [-0.39, 0.29) is 47.0 Å². The Balaban J connectivity index is 1.95. The fraction of sp³-hybridized carbons (Fsp3) is 0.273. The smallest absolute Gasteiger partial charge is 0.153 e. The number of aldehydes is 4. The molecular weight excluding hydrogens is 392 g/mol. The molecule has 2 aromatic rings. The molecule has 2 rings (SSSR count). The highest BCUT2D eigenvalue weighted by molar-refractivity contribution is 5.90. The molecule has 0 heterocycles. The second kappa shape index (κ2) is 11.4. The van der Waals surface area contributed by atoms with Gasteiger partial charge in [-0.1, -0.05) is 0 Å². The van der Waals surface area contributed by atoms with Crippen molar-refractivity contribution in [2.24, 2.45) is 0 Å². The maximum atomic E-state index is 11.3. The maximum Gasteiger partial charge on any atom is 0.153 e. The standard InChI is InChI=1S/C22H22O8/c1-27-19-7-15(11-23)21(16(8-19)12-24)29-5-3-4-6-30-22-17(13-25)9-20(28-2)10-18(22)14-26/h7-14H,3-6H2,1-2H3. The molecule has 0 atom stereocenters. The predicted octanol–water partition coefficient (Wildman–Crippen LogP) is 3.19. The molecule has 8 heteroatoms. The minimum atomic E-state index is 0.198. The van der Waals surface area contributed by atoms with E-state index < -0.39 is 0 Å². The molecule has 0 N–H and O–H groups in total. The largest absolute Gasteiger partial charge is 0.497 e. The van der Waals surface area contributed by atoms with Crippen molar-refractivity contribution in [3.63, 3.8) is 0 Å². The van der Waals surface area contributed by atoms with Crippen LogP contribution in [-0.2, 0) is 0 Å². The van der Waals surface area contributed by atoms with Gasteiger partial charge in [0.1, 0.15) is 23.0 Å². The molecule has 8 nitrogen and oxygen atoms in total. The number of unbranched alkanes of at least 4 members (excludes halogenated alkanes) is 1. The average molecular weight is 414 g/mol. The van der Waals surface area contributed by atoms with Gasteiger partial charge in [-0.2, -0.15) is 0 Å². The molecule has 0 radical (unpaired) electrons. The van der Waals surface area contributed by atoms with Crippen LogP contribution < -0.4 is 18.9 Å². The van der Waals surface area contributed by atoms with Gasteiger partial charge in [0.05, 0.1) is 49.7 Å². The SMILES string of the molecule is COc1cc(C=O)c(OCCCCOc2c(C=O)cc(OC)cc2C=O)c(C=O)c1. The van der Waals surface area contributed by atoms with Crippen LogP contribution in [0.3, 0.4) is 0 Å². The Kier molecular flexibility index (Phi) is 8.56.